The highest BCUT2D eigenvalue weighted by molar-refractivity contribution is 5.86. The van der Waals surface area contributed by atoms with Crippen molar-refractivity contribution in [3.8, 4) is 0 Å². The van der Waals surface area contributed by atoms with Crippen LogP contribution in [0.2, 0.25) is 0 Å². The van der Waals surface area contributed by atoms with Gasteiger partial charge >= 0.3 is 0 Å². The lowest BCUT2D eigenvalue weighted by Crippen LogP contribution is -2.61. The topological polar surface area (TPSA) is 6.48 Å². The first-order valence-corrected chi connectivity index (χ1v) is 11.1. The molecular formula is C27H28N2. The van der Waals surface area contributed by atoms with E-state index in [4.69, 9.17) is 0 Å². The van der Waals surface area contributed by atoms with Gasteiger partial charge in [-0.05, 0) is 59.7 Å². The number of benzene rings is 3. The van der Waals surface area contributed by atoms with Crippen molar-refractivity contribution >= 4 is 16.5 Å². The number of nitrogens with zero attached hydrogens (tertiary/aromatic N) is 2. The summed E-state index contributed by atoms with van der Waals surface area (Å²) in [6.07, 6.45) is 9.62. The smallest absolute Gasteiger partial charge is 0.0452 e. The second-order valence-corrected chi connectivity index (χ2v) is 8.96. The van der Waals surface area contributed by atoms with Crippen LogP contribution in [0, 0.1) is 0 Å². The fourth-order valence-corrected chi connectivity index (χ4v) is 5.78. The van der Waals surface area contributed by atoms with Gasteiger partial charge in [0.05, 0.1) is 0 Å². The van der Waals surface area contributed by atoms with Gasteiger partial charge in [-0.3, -0.25) is 4.90 Å². The van der Waals surface area contributed by atoms with Gasteiger partial charge in [0.2, 0.25) is 0 Å². The van der Waals surface area contributed by atoms with E-state index >= 15 is 0 Å². The molecule has 0 unspecified atom stereocenters. The van der Waals surface area contributed by atoms with Crippen molar-refractivity contribution in [3.05, 3.63) is 90.0 Å². The third-order valence-electron chi connectivity index (χ3n) is 7.28. The van der Waals surface area contributed by atoms with Crippen LogP contribution in [0.4, 0.5) is 5.69 Å². The molecule has 3 heterocycles. The number of anilines is 1. The first-order valence-electron chi connectivity index (χ1n) is 11.1. The summed E-state index contributed by atoms with van der Waals surface area (Å²) >= 11 is 0. The van der Waals surface area contributed by atoms with Gasteiger partial charge in [0.25, 0.3) is 0 Å². The molecule has 3 aromatic carbocycles. The summed E-state index contributed by atoms with van der Waals surface area (Å²) in [5.41, 5.74) is 4.53. The Kier molecular flexibility index (Phi) is 4.19. The Balaban J connectivity index is 1.29. The Hall–Kier alpha value is -2.58. The van der Waals surface area contributed by atoms with Crippen LogP contribution >= 0.6 is 0 Å². The highest BCUT2D eigenvalue weighted by Gasteiger charge is 2.39. The van der Waals surface area contributed by atoms with Gasteiger partial charge in [0.1, 0.15) is 0 Å². The SMILES string of the molecule is C1=CC[C@H]2CN(c3ccc4ccccc4c3)[C@@H](C1)CN2C1Cc2ccccc2C1. The van der Waals surface area contributed by atoms with Crippen molar-refractivity contribution in [3.63, 3.8) is 0 Å². The van der Waals surface area contributed by atoms with Crippen LogP contribution in [-0.2, 0) is 12.8 Å². The molecule has 3 aliphatic heterocycles. The minimum atomic E-state index is 0.563. The molecule has 1 saturated heterocycles. The molecule has 1 fully saturated rings. The number of hydrogen-bond acceptors (Lipinski definition) is 2. The Bertz CT molecular complexity index is 1040. The van der Waals surface area contributed by atoms with Crippen molar-refractivity contribution in [1.29, 1.82) is 0 Å². The zero-order valence-electron chi connectivity index (χ0n) is 16.9. The molecular weight excluding hydrogens is 352 g/mol. The summed E-state index contributed by atoms with van der Waals surface area (Å²) in [6, 6.07) is 26.6. The second kappa shape index (κ2) is 7.03. The van der Waals surface area contributed by atoms with Crippen molar-refractivity contribution < 1.29 is 0 Å². The summed E-state index contributed by atoms with van der Waals surface area (Å²) in [6.45, 7) is 2.32. The first kappa shape index (κ1) is 17.3. The van der Waals surface area contributed by atoms with Crippen LogP contribution < -0.4 is 4.90 Å². The predicted molar refractivity (Wildman–Crippen MR) is 122 cm³/mol. The number of rotatable bonds is 2. The van der Waals surface area contributed by atoms with Crippen LogP contribution in [0.3, 0.4) is 0 Å². The lowest BCUT2D eigenvalue weighted by atomic mass is 9.94. The highest BCUT2D eigenvalue weighted by atomic mass is 15.3. The molecule has 2 atom stereocenters. The van der Waals surface area contributed by atoms with E-state index in [1.54, 1.807) is 11.1 Å². The number of fused-ring (bicyclic) bond motifs is 6. The Labute approximate surface area is 173 Å². The van der Waals surface area contributed by atoms with E-state index in [1.165, 1.54) is 42.3 Å². The Morgan fingerprint density at radius 2 is 1.31 bits per heavy atom. The van der Waals surface area contributed by atoms with E-state index in [0.29, 0.717) is 18.1 Å². The van der Waals surface area contributed by atoms with E-state index in [9.17, 15) is 0 Å². The predicted octanol–water partition coefficient (Wildman–Crippen LogP) is 5.22. The molecule has 0 radical (unpaired) electrons. The second-order valence-electron chi connectivity index (χ2n) is 8.96. The van der Waals surface area contributed by atoms with Crippen LogP contribution in [0.5, 0.6) is 0 Å². The standard InChI is InChI=1S/C27H28N2/c1-2-8-21-15-24(14-13-20(21)7-1)28-18-26-12-6-5-11-25(28)19-29(26)27-16-22-9-3-4-10-23(22)17-27/h1-10,13-15,25-27H,11-12,16-19H2/t25-,26-/m0/s1. The molecule has 1 aliphatic carbocycles. The molecule has 146 valence electrons. The zero-order valence-corrected chi connectivity index (χ0v) is 16.9. The highest BCUT2D eigenvalue weighted by Crippen LogP contribution is 2.35. The molecule has 0 saturated carbocycles. The third-order valence-corrected chi connectivity index (χ3v) is 7.28. The van der Waals surface area contributed by atoms with Crippen LogP contribution in [0.15, 0.2) is 78.9 Å². The quantitative estimate of drug-likeness (QED) is 0.563. The normalized spacial score (nSPS) is 24.6. The molecule has 0 N–H and O–H groups in total. The van der Waals surface area contributed by atoms with E-state index in [-0.39, 0.29) is 0 Å². The zero-order chi connectivity index (χ0) is 19.2. The number of piperazine rings is 1. The maximum absolute atomic E-state index is 2.85. The molecule has 2 nitrogen and oxygen atoms in total. The Morgan fingerprint density at radius 3 is 2.10 bits per heavy atom. The van der Waals surface area contributed by atoms with Gasteiger partial charge in [-0.25, -0.2) is 0 Å². The third kappa shape index (κ3) is 3.07. The number of hydrogen-bond donors (Lipinski definition) is 0. The van der Waals surface area contributed by atoms with Gasteiger partial charge in [0.15, 0.2) is 0 Å². The summed E-state index contributed by atoms with van der Waals surface area (Å²) < 4.78 is 0. The molecule has 7 rings (SSSR count). The Morgan fingerprint density at radius 1 is 0.621 bits per heavy atom. The van der Waals surface area contributed by atoms with Crippen molar-refractivity contribution in [1.82, 2.24) is 4.90 Å². The minimum absolute atomic E-state index is 0.563. The molecule has 3 aromatic rings. The maximum Gasteiger partial charge on any atom is 0.0452 e. The maximum atomic E-state index is 2.85. The molecule has 2 heteroatoms. The van der Waals surface area contributed by atoms with Crippen LogP contribution in [0.25, 0.3) is 10.8 Å². The minimum Gasteiger partial charge on any atom is -0.365 e. The van der Waals surface area contributed by atoms with Crippen LogP contribution in [0.1, 0.15) is 24.0 Å². The van der Waals surface area contributed by atoms with E-state index < -0.39 is 0 Å². The largest absolute Gasteiger partial charge is 0.365 e. The monoisotopic (exact) mass is 380 g/mol. The average molecular weight is 381 g/mol. The van der Waals surface area contributed by atoms with Crippen molar-refractivity contribution in [2.75, 3.05) is 18.0 Å². The van der Waals surface area contributed by atoms with Crippen molar-refractivity contribution in [2.24, 2.45) is 0 Å². The molecule has 0 spiro atoms. The van der Waals surface area contributed by atoms with Gasteiger partial charge in [-0.2, -0.15) is 0 Å². The van der Waals surface area contributed by atoms with Gasteiger partial charge in [0, 0.05) is 36.9 Å². The lowest BCUT2D eigenvalue weighted by molar-refractivity contribution is 0.0996. The molecule has 29 heavy (non-hydrogen) atoms. The molecule has 0 aromatic heterocycles. The molecule has 0 amide bonds. The summed E-state index contributed by atoms with van der Waals surface area (Å²) in [7, 11) is 0. The average Bonchev–Trinajstić information content (AvgIpc) is 3.17. The summed E-state index contributed by atoms with van der Waals surface area (Å²) in [4.78, 5) is 5.55. The fourth-order valence-electron chi connectivity index (χ4n) is 5.78. The van der Waals surface area contributed by atoms with E-state index in [0.717, 1.165) is 13.0 Å². The van der Waals surface area contributed by atoms with E-state index in [1.807, 2.05) is 0 Å². The van der Waals surface area contributed by atoms with E-state index in [2.05, 4.69) is 88.7 Å². The lowest BCUT2D eigenvalue weighted by Gasteiger charge is -2.50. The molecule has 4 aliphatic rings. The van der Waals surface area contributed by atoms with Crippen molar-refractivity contribution in [2.45, 2.75) is 43.8 Å². The van der Waals surface area contributed by atoms with Gasteiger partial charge in [-0.15, -0.1) is 0 Å². The van der Waals surface area contributed by atoms with Crippen LogP contribution in [-0.4, -0.2) is 36.1 Å². The summed E-state index contributed by atoms with van der Waals surface area (Å²) in [5.74, 6) is 0. The summed E-state index contributed by atoms with van der Waals surface area (Å²) in [5, 5.41) is 2.68. The first-order chi connectivity index (χ1) is 14.3. The van der Waals surface area contributed by atoms with Gasteiger partial charge in [-0.1, -0.05) is 66.7 Å². The molecule has 2 bridgehead atoms. The fraction of sp³-hybridized carbons (Fsp3) is 0.333. The van der Waals surface area contributed by atoms with Gasteiger partial charge < -0.3 is 4.90 Å².